The molecular formula is C16H22N2OS. The van der Waals surface area contributed by atoms with Crippen molar-refractivity contribution in [3.63, 3.8) is 0 Å². The predicted octanol–water partition coefficient (Wildman–Crippen LogP) is 3.78. The summed E-state index contributed by atoms with van der Waals surface area (Å²) in [4.78, 5) is 1.02. The highest BCUT2D eigenvalue weighted by molar-refractivity contribution is 7.99. The van der Waals surface area contributed by atoms with Crippen molar-refractivity contribution in [1.29, 1.82) is 5.26 Å². The van der Waals surface area contributed by atoms with E-state index < -0.39 is 0 Å². The van der Waals surface area contributed by atoms with E-state index >= 15 is 0 Å². The molecule has 1 aromatic rings. The number of hydrogen-bond donors (Lipinski definition) is 2. The van der Waals surface area contributed by atoms with E-state index in [2.05, 4.69) is 18.3 Å². The van der Waals surface area contributed by atoms with E-state index in [0.29, 0.717) is 5.56 Å². The molecule has 0 saturated heterocycles. The van der Waals surface area contributed by atoms with Crippen LogP contribution < -0.4 is 5.32 Å². The van der Waals surface area contributed by atoms with Crippen molar-refractivity contribution in [2.45, 2.75) is 49.5 Å². The zero-order valence-corrected chi connectivity index (χ0v) is 12.8. The molecule has 1 aromatic carbocycles. The van der Waals surface area contributed by atoms with E-state index in [1.165, 1.54) is 6.42 Å². The zero-order valence-electron chi connectivity index (χ0n) is 12.0. The molecule has 0 bridgehead atoms. The average molecular weight is 290 g/mol. The van der Waals surface area contributed by atoms with Gasteiger partial charge in [-0.3, -0.25) is 0 Å². The Balaban J connectivity index is 2.28. The Bertz CT molecular complexity index is 490. The summed E-state index contributed by atoms with van der Waals surface area (Å²) < 4.78 is 0. The number of nitriles is 1. The Hall–Kier alpha value is -1.18. The van der Waals surface area contributed by atoms with E-state index in [1.54, 1.807) is 11.8 Å². The highest BCUT2D eigenvalue weighted by atomic mass is 32.2. The number of aliphatic hydroxyl groups excluding tert-OH is 1. The van der Waals surface area contributed by atoms with E-state index in [4.69, 9.17) is 0 Å². The van der Waals surface area contributed by atoms with Gasteiger partial charge in [-0.05, 0) is 30.7 Å². The van der Waals surface area contributed by atoms with Crippen LogP contribution in [0, 0.1) is 11.3 Å². The van der Waals surface area contributed by atoms with Gasteiger partial charge in [0.25, 0.3) is 0 Å². The van der Waals surface area contributed by atoms with Crippen LogP contribution in [0.5, 0.6) is 0 Å². The Kier molecular flexibility index (Phi) is 5.33. The lowest BCUT2D eigenvalue weighted by molar-refractivity contribution is 0.173. The van der Waals surface area contributed by atoms with Crippen LogP contribution in [0.4, 0.5) is 5.69 Å². The normalized spacial score (nSPS) is 17.4. The fourth-order valence-corrected chi connectivity index (χ4v) is 3.65. The number of hydrogen-bond acceptors (Lipinski definition) is 4. The fraction of sp³-hybridized carbons (Fsp3) is 0.562. The number of nitrogens with zero attached hydrogens (tertiary/aromatic N) is 1. The highest BCUT2D eigenvalue weighted by Gasteiger charge is 2.31. The fourth-order valence-electron chi connectivity index (χ4n) is 2.86. The van der Waals surface area contributed by atoms with Crippen LogP contribution in [-0.2, 0) is 0 Å². The minimum atomic E-state index is -0.251. The molecule has 0 spiro atoms. The number of rotatable bonds is 5. The highest BCUT2D eigenvalue weighted by Crippen LogP contribution is 2.34. The van der Waals surface area contributed by atoms with Gasteiger partial charge < -0.3 is 10.4 Å². The van der Waals surface area contributed by atoms with Crippen molar-refractivity contribution in [1.82, 2.24) is 0 Å². The van der Waals surface area contributed by atoms with Gasteiger partial charge in [0.15, 0.2) is 0 Å². The van der Waals surface area contributed by atoms with E-state index in [0.717, 1.165) is 42.0 Å². The molecule has 20 heavy (non-hydrogen) atoms. The molecule has 1 aliphatic rings. The SMILES string of the molecule is CCSc1cccc(NC2(CO)CCCCC2)c1C#N. The standard InChI is InChI=1S/C16H22N2OS/c1-2-20-15-8-6-7-14(13(15)11-17)18-16(12-19)9-4-3-5-10-16/h6-8,18-19H,2-5,9-10,12H2,1H3. The molecule has 0 radical (unpaired) electrons. The number of aliphatic hydroxyl groups is 1. The first-order chi connectivity index (χ1) is 9.74. The molecule has 0 aliphatic heterocycles. The molecule has 2 rings (SSSR count). The number of anilines is 1. The molecule has 0 amide bonds. The lowest BCUT2D eigenvalue weighted by Gasteiger charge is -2.37. The third kappa shape index (κ3) is 3.28. The molecule has 4 heteroatoms. The van der Waals surface area contributed by atoms with Crippen molar-refractivity contribution >= 4 is 17.4 Å². The molecule has 108 valence electrons. The summed E-state index contributed by atoms with van der Waals surface area (Å²) in [5.74, 6) is 0.948. The van der Waals surface area contributed by atoms with Gasteiger partial charge in [-0.25, -0.2) is 0 Å². The molecule has 0 aromatic heterocycles. The maximum absolute atomic E-state index is 9.79. The first kappa shape index (κ1) is 15.2. The summed E-state index contributed by atoms with van der Waals surface area (Å²) in [6.45, 7) is 2.21. The molecule has 2 N–H and O–H groups in total. The summed E-state index contributed by atoms with van der Waals surface area (Å²) in [5, 5.41) is 22.7. The van der Waals surface area contributed by atoms with Crippen LogP contribution in [0.15, 0.2) is 23.1 Å². The van der Waals surface area contributed by atoms with E-state index in [-0.39, 0.29) is 12.1 Å². The zero-order chi connectivity index (χ0) is 14.4. The summed E-state index contributed by atoms with van der Waals surface area (Å²) in [6.07, 6.45) is 5.46. The average Bonchev–Trinajstić information content (AvgIpc) is 2.49. The summed E-state index contributed by atoms with van der Waals surface area (Å²) >= 11 is 1.68. The lowest BCUT2D eigenvalue weighted by atomic mass is 9.82. The number of thioether (sulfide) groups is 1. The van der Waals surface area contributed by atoms with Gasteiger partial charge in [0.2, 0.25) is 0 Å². The summed E-state index contributed by atoms with van der Waals surface area (Å²) in [5.41, 5.74) is 1.32. The third-order valence-corrected chi connectivity index (χ3v) is 4.89. The predicted molar refractivity (Wildman–Crippen MR) is 84.1 cm³/mol. The van der Waals surface area contributed by atoms with Gasteiger partial charge in [0.1, 0.15) is 6.07 Å². The summed E-state index contributed by atoms with van der Waals surface area (Å²) in [6, 6.07) is 8.24. The second-order valence-corrected chi connectivity index (χ2v) is 6.65. The van der Waals surface area contributed by atoms with Gasteiger partial charge in [0, 0.05) is 4.90 Å². The van der Waals surface area contributed by atoms with Crippen molar-refractivity contribution < 1.29 is 5.11 Å². The first-order valence-corrected chi connectivity index (χ1v) is 8.28. The molecule has 3 nitrogen and oxygen atoms in total. The van der Waals surface area contributed by atoms with Crippen molar-refractivity contribution in [2.75, 3.05) is 17.7 Å². The maximum atomic E-state index is 9.79. The van der Waals surface area contributed by atoms with Crippen LogP contribution in [0.1, 0.15) is 44.6 Å². The molecular weight excluding hydrogens is 268 g/mol. The molecule has 1 fully saturated rings. The second-order valence-electron chi connectivity index (χ2n) is 5.35. The largest absolute Gasteiger partial charge is 0.394 e. The second kappa shape index (κ2) is 7.01. The van der Waals surface area contributed by atoms with Crippen molar-refractivity contribution in [3.8, 4) is 6.07 Å². The molecule has 1 aliphatic carbocycles. The smallest absolute Gasteiger partial charge is 0.102 e. The van der Waals surface area contributed by atoms with Gasteiger partial charge in [-0.15, -0.1) is 11.8 Å². The molecule has 0 heterocycles. The van der Waals surface area contributed by atoms with Crippen LogP contribution in [-0.4, -0.2) is 23.0 Å². The monoisotopic (exact) mass is 290 g/mol. The maximum Gasteiger partial charge on any atom is 0.102 e. The van der Waals surface area contributed by atoms with Crippen LogP contribution in [0.2, 0.25) is 0 Å². The Morgan fingerprint density at radius 2 is 2.10 bits per heavy atom. The van der Waals surface area contributed by atoms with Crippen LogP contribution >= 0.6 is 11.8 Å². The van der Waals surface area contributed by atoms with Crippen LogP contribution in [0.25, 0.3) is 0 Å². The Morgan fingerprint density at radius 1 is 1.35 bits per heavy atom. The lowest BCUT2D eigenvalue weighted by Crippen LogP contribution is -2.44. The van der Waals surface area contributed by atoms with Crippen molar-refractivity contribution in [2.24, 2.45) is 0 Å². The topological polar surface area (TPSA) is 56.0 Å². The minimum absolute atomic E-state index is 0.128. The van der Waals surface area contributed by atoms with Crippen LogP contribution in [0.3, 0.4) is 0 Å². The molecule has 0 atom stereocenters. The third-order valence-electron chi connectivity index (χ3n) is 3.95. The van der Waals surface area contributed by atoms with E-state index in [1.807, 2.05) is 18.2 Å². The summed E-state index contributed by atoms with van der Waals surface area (Å²) in [7, 11) is 0. The van der Waals surface area contributed by atoms with Gasteiger partial charge in [-0.2, -0.15) is 5.26 Å². The Labute approximate surface area is 125 Å². The minimum Gasteiger partial charge on any atom is -0.394 e. The van der Waals surface area contributed by atoms with Gasteiger partial charge in [0.05, 0.1) is 23.4 Å². The van der Waals surface area contributed by atoms with Gasteiger partial charge >= 0.3 is 0 Å². The number of nitrogens with one attached hydrogen (secondary N) is 1. The van der Waals surface area contributed by atoms with E-state index in [9.17, 15) is 10.4 Å². The van der Waals surface area contributed by atoms with Crippen molar-refractivity contribution in [3.05, 3.63) is 23.8 Å². The molecule has 1 saturated carbocycles. The quantitative estimate of drug-likeness (QED) is 0.810. The first-order valence-electron chi connectivity index (χ1n) is 7.29. The number of benzene rings is 1. The molecule has 0 unspecified atom stereocenters. The Morgan fingerprint density at radius 3 is 2.70 bits per heavy atom. The van der Waals surface area contributed by atoms with Gasteiger partial charge in [-0.1, -0.05) is 32.3 Å².